The van der Waals surface area contributed by atoms with Crippen LogP contribution in [-0.4, -0.2) is 24.7 Å². The number of nitrogens with zero attached hydrogens (tertiary/aromatic N) is 4. The van der Waals surface area contributed by atoms with E-state index in [1.54, 1.807) is 6.07 Å². The van der Waals surface area contributed by atoms with Gasteiger partial charge in [0.1, 0.15) is 0 Å². The maximum Gasteiger partial charge on any atom is 0.176 e. The second kappa shape index (κ2) is 9.73. The molecule has 4 rings (SSSR count). The summed E-state index contributed by atoms with van der Waals surface area (Å²) in [5, 5.41) is 17.2. The lowest BCUT2D eigenvalue weighted by molar-refractivity contribution is 0.659. The third kappa shape index (κ3) is 5.30. The van der Waals surface area contributed by atoms with Crippen LogP contribution in [0.1, 0.15) is 22.5 Å². The molecular weight excluding hydrogens is 463 g/mol. The first-order chi connectivity index (χ1) is 15.4. The number of aryl methyl sites for hydroxylation is 1. The predicted molar refractivity (Wildman–Crippen MR) is 135 cm³/mol. The van der Waals surface area contributed by atoms with Crippen LogP contribution in [0.2, 0.25) is 10.0 Å². The number of aromatic nitrogens is 4. The maximum atomic E-state index is 6.33. The fourth-order valence-corrected chi connectivity index (χ4v) is 4.07. The summed E-state index contributed by atoms with van der Waals surface area (Å²) >= 11 is 17.8. The summed E-state index contributed by atoms with van der Waals surface area (Å²) in [6.07, 6.45) is 1.92. The molecule has 2 aromatic carbocycles. The summed E-state index contributed by atoms with van der Waals surface area (Å²) in [7, 11) is 0. The number of rotatable bonds is 6. The van der Waals surface area contributed by atoms with Gasteiger partial charge in [-0.05, 0) is 49.3 Å². The van der Waals surface area contributed by atoms with Gasteiger partial charge in [-0.2, -0.15) is 10.2 Å². The third-order valence-electron chi connectivity index (χ3n) is 5.02. The largest absolute Gasteiger partial charge is 0.329 e. The number of thiocarbonyl (C=S) groups is 1. The Bertz CT molecular complexity index is 1250. The lowest BCUT2D eigenvalue weighted by Gasteiger charge is -2.10. The van der Waals surface area contributed by atoms with Crippen LogP contribution < -0.4 is 10.6 Å². The van der Waals surface area contributed by atoms with E-state index in [4.69, 9.17) is 35.4 Å². The summed E-state index contributed by atoms with van der Waals surface area (Å²) in [5.74, 6) is 0.675. The van der Waals surface area contributed by atoms with E-state index in [2.05, 4.69) is 33.0 Å². The highest BCUT2D eigenvalue weighted by molar-refractivity contribution is 7.80. The SMILES string of the molecule is Cc1nn(Cc2ccc(Cl)cc2Cl)c(C)c1NC(=S)Nc1ccn(Cc2ccccc2)n1. The molecule has 4 aromatic rings. The van der Waals surface area contributed by atoms with E-state index in [1.165, 1.54) is 5.56 Å². The van der Waals surface area contributed by atoms with Gasteiger partial charge in [0.25, 0.3) is 0 Å². The first-order valence-electron chi connectivity index (χ1n) is 10.0. The van der Waals surface area contributed by atoms with Crippen LogP contribution in [0.5, 0.6) is 0 Å². The molecule has 0 amide bonds. The molecule has 0 bridgehead atoms. The number of hydrogen-bond donors (Lipinski definition) is 2. The zero-order valence-corrected chi connectivity index (χ0v) is 20.0. The van der Waals surface area contributed by atoms with E-state index >= 15 is 0 Å². The lowest BCUT2D eigenvalue weighted by atomic mass is 10.2. The molecule has 2 N–H and O–H groups in total. The smallest absolute Gasteiger partial charge is 0.176 e. The van der Waals surface area contributed by atoms with Crippen LogP contribution in [0, 0.1) is 13.8 Å². The van der Waals surface area contributed by atoms with Gasteiger partial charge in [-0.1, -0.05) is 59.6 Å². The van der Waals surface area contributed by atoms with E-state index in [1.807, 2.05) is 65.8 Å². The van der Waals surface area contributed by atoms with Crippen molar-refractivity contribution in [1.82, 2.24) is 19.6 Å². The first kappa shape index (κ1) is 22.3. The van der Waals surface area contributed by atoms with Crippen LogP contribution >= 0.6 is 35.4 Å². The van der Waals surface area contributed by atoms with Crippen molar-refractivity contribution in [2.45, 2.75) is 26.9 Å². The van der Waals surface area contributed by atoms with Crippen molar-refractivity contribution in [3.63, 3.8) is 0 Å². The van der Waals surface area contributed by atoms with Crippen molar-refractivity contribution in [3.05, 3.63) is 93.4 Å². The zero-order valence-electron chi connectivity index (χ0n) is 17.6. The minimum Gasteiger partial charge on any atom is -0.329 e. The van der Waals surface area contributed by atoms with Crippen LogP contribution in [0.25, 0.3) is 0 Å². The van der Waals surface area contributed by atoms with Gasteiger partial charge < -0.3 is 10.6 Å². The van der Waals surface area contributed by atoms with E-state index in [0.29, 0.717) is 34.1 Å². The maximum absolute atomic E-state index is 6.33. The quantitative estimate of drug-likeness (QED) is 0.333. The molecule has 0 saturated heterocycles. The van der Waals surface area contributed by atoms with Gasteiger partial charge in [-0.15, -0.1) is 0 Å². The Morgan fingerprint density at radius 1 is 0.969 bits per heavy atom. The molecule has 0 saturated carbocycles. The topological polar surface area (TPSA) is 59.7 Å². The van der Waals surface area contributed by atoms with Crippen LogP contribution in [0.3, 0.4) is 0 Å². The minimum atomic E-state index is 0.449. The van der Waals surface area contributed by atoms with Gasteiger partial charge in [0.2, 0.25) is 0 Å². The van der Waals surface area contributed by atoms with E-state index in [0.717, 1.165) is 22.6 Å². The molecule has 2 aromatic heterocycles. The van der Waals surface area contributed by atoms with E-state index in [-0.39, 0.29) is 0 Å². The van der Waals surface area contributed by atoms with Crippen molar-refractivity contribution < 1.29 is 0 Å². The Morgan fingerprint density at radius 2 is 1.75 bits per heavy atom. The number of nitrogens with one attached hydrogen (secondary N) is 2. The Labute approximate surface area is 202 Å². The molecule has 164 valence electrons. The summed E-state index contributed by atoms with van der Waals surface area (Å²) in [6.45, 7) is 5.16. The first-order valence-corrected chi connectivity index (χ1v) is 11.2. The highest BCUT2D eigenvalue weighted by atomic mass is 35.5. The van der Waals surface area contributed by atoms with Crippen LogP contribution in [-0.2, 0) is 13.1 Å². The van der Waals surface area contributed by atoms with Gasteiger partial charge >= 0.3 is 0 Å². The number of halogens is 2. The van der Waals surface area contributed by atoms with Gasteiger partial charge in [0.05, 0.1) is 30.2 Å². The average Bonchev–Trinajstić information content (AvgIpc) is 3.29. The van der Waals surface area contributed by atoms with Crippen molar-refractivity contribution >= 4 is 52.0 Å². The molecular formula is C23H22Cl2N6S. The highest BCUT2D eigenvalue weighted by Crippen LogP contribution is 2.25. The molecule has 0 unspecified atom stereocenters. The van der Waals surface area contributed by atoms with Crippen molar-refractivity contribution in [1.29, 1.82) is 0 Å². The van der Waals surface area contributed by atoms with Gasteiger partial charge in [0, 0.05) is 22.3 Å². The second-order valence-electron chi connectivity index (χ2n) is 7.40. The zero-order chi connectivity index (χ0) is 22.7. The minimum absolute atomic E-state index is 0.449. The van der Waals surface area contributed by atoms with Crippen molar-refractivity contribution in [2.24, 2.45) is 0 Å². The standard InChI is InChI=1S/C23H22Cl2N6S/c1-15-22(16(2)31(28-15)14-18-8-9-19(24)12-20(18)25)27-23(32)26-21-10-11-30(29-21)13-17-6-4-3-5-7-17/h3-12H,13-14H2,1-2H3,(H2,26,27,29,32). The summed E-state index contributed by atoms with van der Waals surface area (Å²) in [4.78, 5) is 0. The molecule has 0 fully saturated rings. The molecule has 0 aliphatic rings. The number of benzene rings is 2. The Morgan fingerprint density at radius 3 is 2.50 bits per heavy atom. The van der Waals surface area contributed by atoms with Crippen LogP contribution in [0.15, 0.2) is 60.8 Å². The monoisotopic (exact) mass is 484 g/mol. The second-order valence-corrected chi connectivity index (χ2v) is 8.65. The van der Waals surface area contributed by atoms with E-state index in [9.17, 15) is 0 Å². The fourth-order valence-electron chi connectivity index (χ4n) is 3.39. The number of anilines is 2. The highest BCUT2D eigenvalue weighted by Gasteiger charge is 2.14. The molecule has 6 nitrogen and oxygen atoms in total. The third-order valence-corrected chi connectivity index (χ3v) is 5.82. The van der Waals surface area contributed by atoms with E-state index < -0.39 is 0 Å². The molecule has 0 aliphatic carbocycles. The molecule has 0 radical (unpaired) electrons. The normalized spacial score (nSPS) is 10.9. The summed E-state index contributed by atoms with van der Waals surface area (Å²) in [6, 6.07) is 17.5. The average molecular weight is 485 g/mol. The molecule has 0 atom stereocenters. The Balaban J connectivity index is 1.41. The van der Waals surface area contributed by atoms with Crippen molar-refractivity contribution in [3.8, 4) is 0 Å². The Kier molecular flexibility index (Phi) is 6.79. The van der Waals surface area contributed by atoms with Gasteiger partial charge in [-0.3, -0.25) is 9.36 Å². The number of hydrogen-bond acceptors (Lipinski definition) is 3. The molecule has 32 heavy (non-hydrogen) atoms. The summed E-state index contributed by atoms with van der Waals surface area (Å²) in [5.41, 5.74) is 4.77. The van der Waals surface area contributed by atoms with Gasteiger partial charge in [0.15, 0.2) is 10.9 Å². The van der Waals surface area contributed by atoms with Crippen LogP contribution in [0.4, 0.5) is 11.5 Å². The molecule has 2 heterocycles. The molecule has 0 spiro atoms. The lowest BCUT2D eigenvalue weighted by Crippen LogP contribution is -2.20. The fraction of sp³-hybridized carbons (Fsp3) is 0.174. The Hall–Kier alpha value is -2.87. The van der Waals surface area contributed by atoms with Gasteiger partial charge in [-0.25, -0.2) is 0 Å². The van der Waals surface area contributed by atoms with Crippen molar-refractivity contribution in [2.75, 3.05) is 10.6 Å². The molecule has 9 heteroatoms. The summed E-state index contributed by atoms with van der Waals surface area (Å²) < 4.78 is 3.76. The predicted octanol–water partition coefficient (Wildman–Crippen LogP) is 5.91. The molecule has 0 aliphatic heterocycles.